The molecule has 11 nitrogen and oxygen atoms in total. The second-order valence-corrected chi connectivity index (χ2v) is 14.5. The summed E-state index contributed by atoms with van der Waals surface area (Å²) in [6, 6.07) is 15.1. The lowest BCUT2D eigenvalue weighted by Gasteiger charge is -2.37. The highest BCUT2D eigenvalue weighted by atomic mass is 79.9. The molecule has 2 N–H and O–H groups in total. The van der Waals surface area contributed by atoms with Crippen LogP contribution in [0.15, 0.2) is 79.9 Å². The molecule has 8 atom stereocenters. The summed E-state index contributed by atoms with van der Waals surface area (Å²) in [5, 5.41) is 13.0. The first-order valence-electron chi connectivity index (χ1n) is 17.7. The summed E-state index contributed by atoms with van der Waals surface area (Å²) in [6.07, 6.45) is 2.73. The van der Waals surface area contributed by atoms with E-state index in [1.54, 1.807) is 24.0 Å². The number of likely N-dealkylation sites (tertiary alicyclic amines) is 1. The maximum absolute atomic E-state index is 14.8. The topological polar surface area (TPSA) is 129 Å². The van der Waals surface area contributed by atoms with Crippen LogP contribution in [-0.4, -0.2) is 95.1 Å². The molecule has 1 spiro atoms. The zero-order chi connectivity index (χ0) is 36.9. The highest BCUT2D eigenvalue weighted by molar-refractivity contribution is 9.09. The van der Waals surface area contributed by atoms with Crippen LogP contribution in [-0.2, 0) is 28.7 Å². The number of β-amino-alcohol motifs (C(OH)–C–C–N with tert-alkyl or cyclic N) is 1. The minimum absolute atomic E-state index is 0.112. The van der Waals surface area contributed by atoms with Crippen molar-refractivity contribution in [1.29, 1.82) is 0 Å². The van der Waals surface area contributed by atoms with Gasteiger partial charge in [0.2, 0.25) is 11.8 Å². The number of carbonyl (C=O) groups excluding carboxylic acids is 4. The van der Waals surface area contributed by atoms with Gasteiger partial charge in [-0.3, -0.25) is 19.2 Å². The molecule has 3 aliphatic heterocycles. The molecule has 3 aliphatic rings. The Labute approximate surface area is 308 Å². The van der Waals surface area contributed by atoms with E-state index in [1.165, 1.54) is 4.90 Å². The molecule has 3 saturated heterocycles. The molecular weight excluding hydrogens is 716 g/mol. The van der Waals surface area contributed by atoms with Gasteiger partial charge >= 0.3 is 5.97 Å². The third-order valence-corrected chi connectivity index (χ3v) is 11.1. The predicted octanol–water partition coefficient (Wildman–Crippen LogP) is 4.55. The van der Waals surface area contributed by atoms with Crippen LogP contribution >= 0.6 is 15.9 Å². The van der Waals surface area contributed by atoms with Gasteiger partial charge in [0.05, 0.1) is 30.6 Å². The Kier molecular flexibility index (Phi) is 12.4. The van der Waals surface area contributed by atoms with Crippen LogP contribution in [0.1, 0.15) is 51.7 Å². The quantitative estimate of drug-likeness (QED) is 0.137. The number of anilines is 2. The molecule has 2 aromatic rings. The predicted molar refractivity (Wildman–Crippen MR) is 199 cm³/mol. The fraction of sp³-hybridized carbons (Fsp3) is 0.487. The number of amides is 3. The van der Waals surface area contributed by atoms with Gasteiger partial charge in [-0.05, 0) is 63.4 Å². The van der Waals surface area contributed by atoms with Crippen molar-refractivity contribution in [3.63, 3.8) is 0 Å². The SMILES string of the molecule is C=CCCC(=O)N[C@@H](C)[C@H](OC(=O)[C@H]1[C@@H]2O[C@@]3(CC2Br)[C@@H]1C(=O)N(CCO)[C@@H]3C(=O)N(CC=C)c1ccc(N(CC)CC)cc1)c1ccccc1. The third-order valence-electron chi connectivity index (χ3n) is 10.3. The average molecular weight is 766 g/mol. The Morgan fingerprint density at radius 1 is 1.10 bits per heavy atom. The summed E-state index contributed by atoms with van der Waals surface area (Å²) < 4.78 is 12.9. The molecule has 0 aromatic heterocycles. The second kappa shape index (κ2) is 16.6. The van der Waals surface area contributed by atoms with E-state index in [1.807, 2.05) is 54.6 Å². The van der Waals surface area contributed by atoms with Gasteiger partial charge in [0, 0.05) is 48.8 Å². The molecule has 2 aromatic carbocycles. The summed E-state index contributed by atoms with van der Waals surface area (Å²) in [5.41, 5.74) is 0.975. The van der Waals surface area contributed by atoms with Gasteiger partial charge in [-0.1, -0.05) is 58.4 Å². The fourth-order valence-electron chi connectivity index (χ4n) is 8.00. The van der Waals surface area contributed by atoms with Gasteiger partial charge in [-0.15, -0.1) is 13.2 Å². The van der Waals surface area contributed by atoms with Crippen molar-refractivity contribution in [1.82, 2.24) is 10.2 Å². The van der Waals surface area contributed by atoms with Gasteiger partial charge < -0.3 is 34.6 Å². The van der Waals surface area contributed by atoms with Crippen molar-refractivity contribution < 1.29 is 33.8 Å². The van der Waals surface area contributed by atoms with Crippen molar-refractivity contribution in [3.05, 3.63) is 85.5 Å². The van der Waals surface area contributed by atoms with Gasteiger partial charge in [0.1, 0.15) is 17.7 Å². The van der Waals surface area contributed by atoms with Gasteiger partial charge in [-0.25, -0.2) is 0 Å². The number of aliphatic hydroxyl groups excluding tert-OH is 1. The van der Waals surface area contributed by atoms with Crippen LogP contribution in [0.25, 0.3) is 0 Å². The van der Waals surface area contributed by atoms with Crippen molar-refractivity contribution in [2.45, 2.75) is 74.8 Å². The van der Waals surface area contributed by atoms with E-state index in [-0.39, 0.29) is 42.8 Å². The number of nitrogens with zero attached hydrogens (tertiary/aromatic N) is 3. The molecule has 12 heteroatoms. The Morgan fingerprint density at radius 2 is 1.76 bits per heavy atom. The maximum Gasteiger partial charge on any atom is 0.313 e. The third kappa shape index (κ3) is 7.36. The number of halogens is 1. The van der Waals surface area contributed by atoms with E-state index in [9.17, 15) is 24.3 Å². The number of esters is 1. The van der Waals surface area contributed by atoms with Crippen LogP contribution < -0.4 is 15.1 Å². The van der Waals surface area contributed by atoms with Crippen LogP contribution in [0.4, 0.5) is 11.4 Å². The Bertz CT molecular complexity index is 1590. The Balaban J connectivity index is 1.47. The molecule has 3 heterocycles. The molecule has 274 valence electrons. The lowest BCUT2D eigenvalue weighted by Crippen LogP contribution is -2.57. The zero-order valence-electron chi connectivity index (χ0n) is 29.6. The molecule has 5 rings (SSSR count). The smallest absolute Gasteiger partial charge is 0.313 e. The number of hydrogen-bond acceptors (Lipinski definition) is 8. The summed E-state index contributed by atoms with van der Waals surface area (Å²) in [7, 11) is 0. The number of rotatable bonds is 17. The first-order chi connectivity index (χ1) is 24.6. The first kappa shape index (κ1) is 38.2. The molecule has 2 bridgehead atoms. The van der Waals surface area contributed by atoms with Gasteiger partial charge in [0.15, 0.2) is 0 Å². The largest absolute Gasteiger partial charge is 0.455 e. The Morgan fingerprint density at radius 3 is 2.37 bits per heavy atom. The van der Waals surface area contributed by atoms with Crippen molar-refractivity contribution in [2.24, 2.45) is 11.8 Å². The molecular formula is C39H49BrN4O7. The van der Waals surface area contributed by atoms with E-state index in [0.29, 0.717) is 24.1 Å². The zero-order valence-corrected chi connectivity index (χ0v) is 31.2. The lowest BCUT2D eigenvalue weighted by atomic mass is 9.70. The number of fused-ring (bicyclic) bond motifs is 1. The van der Waals surface area contributed by atoms with Crippen molar-refractivity contribution in [3.8, 4) is 0 Å². The van der Waals surface area contributed by atoms with Crippen LogP contribution in [0, 0.1) is 11.8 Å². The van der Waals surface area contributed by atoms with Crippen LogP contribution in [0.5, 0.6) is 0 Å². The van der Waals surface area contributed by atoms with Crippen LogP contribution in [0.3, 0.4) is 0 Å². The highest BCUT2D eigenvalue weighted by Crippen LogP contribution is 2.60. The van der Waals surface area contributed by atoms with E-state index in [4.69, 9.17) is 9.47 Å². The number of allylic oxidation sites excluding steroid dienone is 1. The maximum atomic E-state index is 14.8. The first-order valence-corrected chi connectivity index (χ1v) is 18.6. The minimum Gasteiger partial charge on any atom is -0.455 e. The number of nitrogens with one attached hydrogen (secondary N) is 1. The standard InChI is InChI=1S/C39H49BrN4O7/c1-6-10-16-30(46)41-25(5)33(26-14-12-11-13-15-26)50-38(49)31-32-36(47)44(22-23-45)35(39(32)24-29(40)34(31)51-39)37(48)43(21-7-2)28-19-17-27(18-20-28)42(8-3)9-4/h6-7,11-15,17-20,25,29,31-35,45H,1-2,8-10,16,21-24H2,3-5H3,(H,41,46)/t25-,29?,31+,32-,33-,34+,35+,39-/m0/s1. The molecule has 1 unspecified atom stereocenters. The highest BCUT2D eigenvalue weighted by Gasteiger charge is 2.77. The summed E-state index contributed by atoms with van der Waals surface area (Å²) >= 11 is 3.71. The molecule has 3 fully saturated rings. The summed E-state index contributed by atoms with van der Waals surface area (Å²) in [6.45, 7) is 14.8. The summed E-state index contributed by atoms with van der Waals surface area (Å²) in [5.74, 6) is -3.75. The lowest BCUT2D eigenvalue weighted by molar-refractivity contribution is -0.162. The molecule has 0 aliphatic carbocycles. The molecule has 3 amide bonds. The number of benzene rings is 2. The molecule has 0 saturated carbocycles. The number of hydrogen-bond donors (Lipinski definition) is 2. The minimum atomic E-state index is -1.35. The number of alkyl halides is 1. The van der Waals surface area contributed by atoms with Crippen LogP contribution in [0.2, 0.25) is 0 Å². The van der Waals surface area contributed by atoms with E-state index in [0.717, 1.165) is 18.8 Å². The van der Waals surface area contributed by atoms with Crippen molar-refractivity contribution >= 4 is 51.0 Å². The number of carbonyl (C=O) groups is 4. The second-order valence-electron chi connectivity index (χ2n) is 13.3. The Hall–Kier alpha value is -4.00. The molecule has 51 heavy (non-hydrogen) atoms. The normalized spacial score (nSPS) is 25.9. The van der Waals surface area contributed by atoms with E-state index in [2.05, 4.69) is 53.2 Å². The van der Waals surface area contributed by atoms with Crippen molar-refractivity contribution in [2.75, 3.05) is 42.6 Å². The van der Waals surface area contributed by atoms with Gasteiger partial charge in [0.25, 0.3) is 5.91 Å². The average Bonchev–Trinajstić information content (AvgIpc) is 3.72. The van der Waals surface area contributed by atoms with Gasteiger partial charge in [-0.2, -0.15) is 0 Å². The number of aliphatic hydroxyl groups is 1. The fourth-order valence-corrected chi connectivity index (χ4v) is 8.94. The molecule has 0 radical (unpaired) electrons. The van der Waals surface area contributed by atoms with E-state index < -0.39 is 53.6 Å². The monoisotopic (exact) mass is 764 g/mol. The summed E-state index contributed by atoms with van der Waals surface area (Å²) in [4.78, 5) is 61.0. The number of ether oxygens (including phenoxy) is 2. The van der Waals surface area contributed by atoms with E-state index >= 15 is 0 Å².